The van der Waals surface area contributed by atoms with Crippen LogP contribution in [0, 0.1) is 5.92 Å². The molecular formula is C20H26N2O4. The Bertz CT molecular complexity index is 670. The third-order valence-corrected chi connectivity index (χ3v) is 4.47. The quantitative estimate of drug-likeness (QED) is 0.623. The highest BCUT2D eigenvalue weighted by Crippen LogP contribution is 2.21. The van der Waals surface area contributed by atoms with E-state index in [-0.39, 0.29) is 17.7 Å². The molecule has 1 aliphatic rings. The van der Waals surface area contributed by atoms with E-state index in [0.717, 1.165) is 12.0 Å². The van der Waals surface area contributed by atoms with E-state index in [9.17, 15) is 14.4 Å². The number of methoxy groups -OCH3 is 1. The Hall–Kier alpha value is -2.63. The molecule has 2 atom stereocenters. The van der Waals surface area contributed by atoms with Gasteiger partial charge < -0.3 is 15.0 Å². The van der Waals surface area contributed by atoms with Crippen molar-refractivity contribution >= 4 is 23.9 Å². The lowest BCUT2D eigenvalue weighted by Crippen LogP contribution is -2.53. The summed E-state index contributed by atoms with van der Waals surface area (Å²) in [6.45, 7) is 4.23. The molecule has 2 amide bonds. The lowest BCUT2D eigenvalue weighted by atomic mass is 10.0. The van der Waals surface area contributed by atoms with Crippen LogP contribution >= 0.6 is 0 Å². The Morgan fingerprint density at radius 2 is 1.92 bits per heavy atom. The van der Waals surface area contributed by atoms with Crippen LogP contribution in [-0.2, 0) is 19.1 Å². The Balaban J connectivity index is 2.05. The molecule has 1 aliphatic heterocycles. The molecule has 6 nitrogen and oxygen atoms in total. The largest absolute Gasteiger partial charge is 0.467 e. The van der Waals surface area contributed by atoms with E-state index in [1.807, 2.05) is 44.2 Å². The molecule has 6 heteroatoms. The minimum atomic E-state index is -0.687. The number of nitrogens with one attached hydrogen (secondary N) is 1. The minimum absolute atomic E-state index is 0.101. The number of benzene rings is 1. The molecular weight excluding hydrogens is 332 g/mol. The van der Waals surface area contributed by atoms with Crippen LogP contribution in [0.15, 0.2) is 36.4 Å². The molecule has 2 rings (SSSR count). The number of likely N-dealkylation sites (tertiary alicyclic amines) is 1. The first-order chi connectivity index (χ1) is 12.4. The highest BCUT2D eigenvalue weighted by Gasteiger charge is 2.38. The first kappa shape index (κ1) is 19.7. The van der Waals surface area contributed by atoms with E-state index >= 15 is 0 Å². The van der Waals surface area contributed by atoms with Gasteiger partial charge in [0.25, 0.3) is 0 Å². The topological polar surface area (TPSA) is 75.7 Å². The Labute approximate surface area is 154 Å². The van der Waals surface area contributed by atoms with Gasteiger partial charge in [-0.3, -0.25) is 9.59 Å². The molecule has 1 heterocycles. The summed E-state index contributed by atoms with van der Waals surface area (Å²) in [6.07, 6.45) is 4.45. The summed E-state index contributed by atoms with van der Waals surface area (Å²) in [6, 6.07) is 8.20. The minimum Gasteiger partial charge on any atom is -0.467 e. The number of amides is 2. The number of hydrogen-bond donors (Lipinski definition) is 1. The van der Waals surface area contributed by atoms with E-state index in [4.69, 9.17) is 4.74 Å². The lowest BCUT2D eigenvalue weighted by Gasteiger charge is -2.29. The summed E-state index contributed by atoms with van der Waals surface area (Å²) < 4.78 is 4.79. The van der Waals surface area contributed by atoms with Gasteiger partial charge in [0.05, 0.1) is 7.11 Å². The maximum atomic E-state index is 12.9. The van der Waals surface area contributed by atoms with Crippen LogP contribution in [-0.4, -0.2) is 48.4 Å². The number of carbonyl (C=O) groups is 3. The third kappa shape index (κ3) is 4.94. The molecule has 1 fully saturated rings. The van der Waals surface area contributed by atoms with Crippen LogP contribution in [0.4, 0.5) is 0 Å². The van der Waals surface area contributed by atoms with E-state index in [1.54, 1.807) is 6.08 Å². The first-order valence-corrected chi connectivity index (χ1v) is 8.86. The van der Waals surface area contributed by atoms with Crippen molar-refractivity contribution in [2.45, 2.75) is 38.8 Å². The zero-order chi connectivity index (χ0) is 19.1. The standard InChI is InChI=1S/C20H26N2O4/c1-14(2)18(19(24)22-13-7-10-16(22)20(25)26-3)21-17(23)12-11-15-8-5-4-6-9-15/h4-6,8-9,11-12,14,16,18H,7,10,13H2,1-3H3,(H,21,23)/t16-,18?/m0/s1. The molecule has 26 heavy (non-hydrogen) atoms. The number of rotatable bonds is 6. The van der Waals surface area contributed by atoms with Crippen molar-refractivity contribution < 1.29 is 19.1 Å². The van der Waals surface area contributed by atoms with E-state index in [1.165, 1.54) is 18.1 Å². The van der Waals surface area contributed by atoms with E-state index in [0.29, 0.717) is 13.0 Å². The number of nitrogens with zero attached hydrogens (tertiary/aromatic N) is 1. The van der Waals surface area contributed by atoms with Gasteiger partial charge in [-0.15, -0.1) is 0 Å². The normalized spacial score (nSPS) is 18.2. The second-order valence-corrected chi connectivity index (χ2v) is 6.69. The van der Waals surface area contributed by atoms with Crippen molar-refractivity contribution in [3.63, 3.8) is 0 Å². The SMILES string of the molecule is COC(=O)[C@@H]1CCCN1C(=O)C(NC(=O)C=Cc1ccccc1)C(C)C. The average Bonchev–Trinajstić information content (AvgIpc) is 3.13. The monoisotopic (exact) mass is 358 g/mol. The maximum Gasteiger partial charge on any atom is 0.328 e. The molecule has 0 spiro atoms. The Kier molecular flexibility index (Phi) is 6.95. The number of ether oxygens (including phenoxy) is 1. The second kappa shape index (κ2) is 9.17. The summed E-state index contributed by atoms with van der Waals surface area (Å²) in [7, 11) is 1.32. The van der Waals surface area contributed by atoms with Gasteiger partial charge >= 0.3 is 5.97 Å². The van der Waals surface area contributed by atoms with Crippen molar-refractivity contribution in [1.82, 2.24) is 10.2 Å². The molecule has 1 saturated heterocycles. The highest BCUT2D eigenvalue weighted by molar-refractivity contribution is 5.96. The second-order valence-electron chi connectivity index (χ2n) is 6.69. The van der Waals surface area contributed by atoms with Gasteiger partial charge in [-0.05, 0) is 30.4 Å². The zero-order valence-corrected chi connectivity index (χ0v) is 15.5. The van der Waals surface area contributed by atoms with Crippen LogP contribution < -0.4 is 5.32 Å². The van der Waals surface area contributed by atoms with Gasteiger partial charge in [0, 0.05) is 12.6 Å². The molecule has 0 aromatic heterocycles. The van der Waals surface area contributed by atoms with Crippen LogP contribution in [0.25, 0.3) is 6.08 Å². The molecule has 1 aromatic rings. The summed E-state index contributed by atoms with van der Waals surface area (Å²) in [4.78, 5) is 38.6. The van der Waals surface area contributed by atoms with Crippen molar-refractivity contribution in [2.24, 2.45) is 5.92 Å². The van der Waals surface area contributed by atoms with Gasteiger partial charge in [0.1, 0.15) is 12.1 Å². The van der Waals surface area contributed by atoms with Crippen molar-refractivity contribution in [3.8, 4) is 0 Å². The fraction of sp³-hybridized carbons (Fsp3) is 0.450. The fourth-order valence-electron chi connectivity index (χ4n) is 3.04. The summed E-state index contributed by atoms with van der Waals surface area (Å²) in [5, 5.41) is 2.77. The number of carbonyl (C=O) groups excluding carboxylic acids is 3. The summed E-state index contributed by atoms with van der Waals surface area (Å²) in [5.41, 5.74) is 0.903. The predicted molar refractivity (Wildman–Crippen MR) is 99.0 cm³/mol. The van der Waals surface area contributed by atoms with Gasteiger partial charge in [-0.1, -0.05) is 44.2 Å². The first-order valence-electron chi connectivity index (χ1n) is 8.86. The molecule has 0 saturated carbocycles. The molecule has 0 aliphatic carbocycles. The van der Waals surface area contributed by atoms with E-state index < -0.39 is 18.1 Å². The zero-order valence-electron chi connectivity index (χ0n) is 15.5. The van der Waals surface area contributed by atoms with Gasteiger partial charge in [-0.2, -0.15) is 0 Å². The average molecular weight is 358 g/mol. The van der Waals surface area contributed by atoms with Gasteiger partial charge in [0.2, 0.25) is 11.8 Å². The van der Waals surface area contributed by atoms with Crippen LogP contribution in [0.3, 0.4) is 0 Å². The number of hydrogen-bond acceptors (Lipinski definition) is 4. The smallest absolute Gasteiger partial charge is 0.328 e. The van der Waals surface area contributed by atoms with Crippen molar-refractivity contribution in [3.05, 3.63) is 42.0 Å². The predicted octanol–water partition coefficient (Wildman–Crippen LogP) is 2.00. The van der Waals surface area contributed by atoms with Crippen LogP contribution in [0.2, 0.25) is 0 Å². The van der Waals surface area contributed by atoms with Crippen LogP contribution in [0.5, 0.6) is 0 Å². The molecule has 1 unspecified atom stereocenters. The fourth-order valence-corrected chi connectivity index (χ4v) is 3.04. The Morgan fingerprint density at radius 1 is 1.23 bits per heavy atom. The van der Waals surface area contributed by atoms with Crippen molar-refractivity contribution in [1.29, 1.82) is 0 Å². The summed E-state index contributed by atoms with van der Waals surface area (Å²) in [5.74, 6) is -1.09. The maximum absolute atomic E-state index is 12.9. The molecule has 0 bridgehead atoms. The van der Waals surface area contributed by atoms with Gasteiger partial charge in [-0.25, -0.2) is 4.79 Å². The number of esters is 1. The third-order valence-electron chi connectivity index (χ3n) is 4.47. The molecule has 1 aromatic carbocycles. The molecule has 1 N–H and O–H groups in total. The highest BCUT2D eigenvalue weighted by atomic mass is 16.5. The van der Waals surface area contributed by atoms with E-state index in [2.05, 4.69) is 5.32 Å². The molecule has 140 valence electrons. The van der Waals surface area contributed by atoms with Crippen molar-refractivity contribution in [2.75, 3.05) is 13.7 Å². The van der Waals surface area contributed by atoms with Gasteiger partial charge in [0.15, 0.2) is 0 Å². The Morgan fingerprint density at radius 3 is 2.54 bits per heavy atom. The lowest BCUT2D eigenvalue weighted by molar-refractivity contribution is -0.152. The summed E-state index contributed by atoms with van der Waals surface area (Å²) >= 11 is 0. The van der Waals surface area contributed by atoms with Crippen LogP contribution in [0.1, 0.15) is 32.3 Å². The molecule has 0 radical (unpaired) electrons.